The maximum absolute atomic E-state index is 11.1. The average Bonchev–Trinajstić information content (AvgIpc) is 3.45. The molecule has 6 nitrogen and oxygen atoms in total. The van der Waals surface area contributed by atoms with Crippen LogP contribution in [0.15, 0.2) is 0 Å². The predicted molar refractivity (Wildman–Crippen MR) is 124 cm³/mol. The fraction of sp³-hybridized carbons (Fsp3) is 0.731. The summed E-state index contributed by atoms with van der Waals surface area (Å²) in [5.41, 5.74) is 7.82. The average molecular weight is 439 g/mol. The number of carbonyl (C=O) groups is 1. The molecule has 32 heavy (non-hydrogen) atoms. The molecule has 1 N–H and O–H groups in total. The summed E-state index contributed by atoms with van der Waals surface area (Å²) in [5.74, 6) is 1.10. The number of carbonyl (C=O) groups excluding carboxylic acids is 1. The van der Waals surface area contributed by atoms with Crippen LogP contribution in [0.4, 0.5) is 0 Å². The minimum absolute atomic E-state index is 0.0752. The van der Waals surface area contributed by atoms with Gasteiger partial charge < -0.3 is 5.11 Å². The van der Waals surface area contributed by atoms with Crippen molar-refractivity contribution >= 4 is 6.29 Å². The van der Waals surface area contributed by atoms with Gasteiger partial charge >= 0.3 is 0 Å². The lowest BCUT2D eigenvalue weighted by Crippen LogP contribution is -2.33. The molecule has 0 radical (unpaired) electrons. The number of hydrogen-bond donors (Lipinski definition) is 1. The quantitative estimate of drug-likeness (QED) is 0.701. The van der Waals surface area contributed by atoms with Gasteiger partial charge in [-0.15, -0.1) is 0 Å². The first-order valence-corrected chi connectivity index (χ1v) is 12.1. The SMILES string of the molecule is Cn1nc(C=O)c2c1C1(C)CCC2C1(C)C.Cn1nc(CO)c2c1C1(C)CCC2C1(C)C. The summed E-state index contributed by atoms with van der Waals surface area (Å²) in [6.45, 7) is 14.2. The molecule has 0 amide bonds. The number of aliphatic hydroxyl groups is 1. The molecule has 2 aromatic rings. The fourth-order valence-corrected chi connectivity index (χ4v) is 8.24. The highest BCUT2D eigenvalue weighted by Gasteiger charge is 2.63. The molecule has 4 bridgehead atoms. The monoisotopic (exact) mass is 438 g/mol. The van der Waals surface area contributed by atoms with E-state index in [1.54, 1.807) is 0 Å². The van der Waals surface area contributed by atoms with Gasteiger partial charge in [-0.05, 0) is 48.3 Å². The third-order valence-electron chi connectivity index (χ3n) is 10.7. The van der Waals surface area contributed by atoms with Crippen LogP contribution in [-0.2, 0) is 31.5 Å². The van der Waals surface area contributed by atoms with Crippen molar-refractivity contribution in [2.45, 2.75) is 96.5 Å². The van der Waals surface area contributed by atoms with Crippen LogP contribution in [0.1, 0.15) is 118 Å². The van der Waals surface area contributed by atoms with Gasteiger partial charge in [0.15, 0.2) is 6.29 Å². The van der Waals surface area contributed by atoms with Gasteiger partial charge in [-0.25, -0.2) is 0 Å². The first-order valence-electron chi connectivity index (χ1n) is 12.1. The van der Waals surface area contributed by atoms with E-state index in [4.69, 9.17) is 0 Å². The highest BCUT2D eigenvalue weighted by atomic mass is 16.3. The lowest BCUT2D eigenvalue weighted by Gasteiger charge is -2.35. The summed E-state index contributed by atoms with van der Waals surface area (Å²) in [5, 5.41) is 18.2. The molecule has 6 rings (SSSR count). The van der Waals surface area contributed by atoms with E-state index in [1.807, 2.05) is 23.5 Å². The molecule has 4 aliphatic rings. The normalized spacial score (nSPS) is 34.3. The van der Waals surface area contributed by atoms with Crippen LogP contribution >= 0.6 is 0 Å². The Morgan fingerprint density at radius 3 is 1.84 bits per heavy atom. The first-order chi connectivity index (χ1) is 14.9. The van der Waals surface area contributed by atoms with E-state index in [9.17, 15) is 9.90 Å². The van der Waals surface area contributed by atoms with Crippen molar-refractivity contribution < 1.29 is 9.90 Å². The Morgan fingerprint density at radius 1 is 0.875 bits per heavy atom. The van der Waals surface area contributed by atoms with Gasteiger partial charge in [-0.2, -0.15) is 10.2 Å². The Morgan fingerprint density at radius 2 is 1.34 bits per heavy atom. The van der Waals surface area contributed by atoms with Crippen LogP contribution in [0.3, 0.4) is 0 Å². The lowest BCUT2D eigenvalue weighted by atomic mass is 9.70. The molecule has 0 aromatic carbocycles. The van der Waals surface area contributed by atoms with Crippen molar-refractivity contribution in [1.29, 1.82) is 0 Å². The van der Waals surface area contributed by atoms with Crippen molar-refractivity contribution in [3.63, 3.8) is 0 Å². The van der Waals surface area contributed by atoms with E-state index in [0.29, 0.717) is 22.9 Å². The van der Waals surface area contributed by atoms with Crippen molar-refractivity contribution in [1.82, 2.24) is 19.6 Å². The minimum Gasteiger partial charge on any atom is -0.390 e. The molecule has 2 saturated carbocycles. The van der Waals surface area contributed by atoms with Gasteiger partial charge in [0, 0.05) is 47.4 Å². The summed E-state index contributed by atoms with van der Waals surface area (Å²) < 4.78 is 3.93. The van der Waals surface area contributed by atoms with Crippen LogP contribution in [0, 0.1) is 10.8 Å². The molecule has 2 aromatic heterocycles. The Bertz CT molecular complexity index is 1120. The molecule has 4 aliphatic carbocycles. The summed E-state index contributed by atoms with van der Waals surface area (Å²) >= 11 is 0. The van der Waals surface area contributed by atoms with Crippen LogP contribution in [-0.4, -0.2) is 31.0 Å². The largest absolute Gasteiger partial charge is 0.390 e. The zero-order chi connectivity index (χ0) is 23.4. The molecular weight excluding hydrogens is 400 g/mol. The lowest BCUT2D eigenvalue weighted by molar-refractivity contribution is 0.111. The maximum atomic E-state index is 11.1. The molecular formula is C26H38N4O2. The van der Waals surface area contributed by atoms with Crippen LogP contribution < -0.4 is 0 Å². The number of aryl methyl sites for hydroxylation is 2. The Hall–Kier alpha value is -1.95. The number of rotatable bonds is 2. The topological polar surface area (TPSA) is 72.9 Å². The third kappa shape index (κ3) is 2.22. The van der Waals surface area contributed by atoms with Crippen molar-refractivity contribution in [3.8, 4) is 0 Å². The van der Waals surface area contributed by atoms with E-state index in [2.05, 4.69) is 51.7 Å². The second kappa shape index (κ2) is 6.34. The molecule has 174 valence electrons. The first kappa shape index (κ1) is 21.9. The second-order valence-corrected chi connectivity index (χ2v) is 12.2. The summed E-state index contributed by atoms with van der Waals surface area (Å²) in [7, 11) is 3.98. The van der Waals surface area contributed by atoms with E-state index >= 15 is 0 Å². The number of fused-ring (bicyclic) bond motifs is 10. The molecule has 2 heterocycles. The predicted octanol–water partition coefficient (Wildman–Crippen LogP) is 4.49. The number of hydrogen-bond acceptors (Lipinski definition) is 4. The van der Waals surface area contributed by atoms with Crippen molar-refractivity contribution in [3.05, 3.63) is 33.9 Å². The van der Waals surface area contributed by atoms with Gasteiger partial charge in [-0.3, -0.25) is 14.2 Å². The molecule has 0 aliphatic heterocycles. The summed E-state index contributed by atoms with van der Waals surface area (Å²) in [6, 6.07) is 0. The number of aromatic nitrogens is 4. The molecule has 2 fully saturated rings. The number of aliphatic hydroxyl groups excluding tert-OH is 1. The highest BCUT2D eigenvalue weighted by Crippen LogP contribution is 2.69. The Labute approximate surface area is 191 Å². The van der Waals surface area contributed by atoms with Crippen LogP contribution in [0.25, 0.3) is 0 Å². The van der Waals surface area contributed by atoms with Crippen LogP contribution in [0.5, 0.6) is 0 Å². The van der Waals surface area contributed by atoms with Crippen molar-refractivity contribution in [2.24, 2.45) is 24.9 Å². The van der Waals surface area contributed by atoms with Gasteiger partial charge in [-0.1, -0.05) is 41.5 Å². The number of nitrogens with zero attached hydrogens (tertiary/aromatic N) is 4. The van der Waals surface area contributed by atoms with Gasteiger partial charge in [0.25, 0.3) is 0 Å². The van der Waals surface area contributed by atoms with Crippen LogP contribution in [0.2, 0.25) is 0 Å². The smallest absolute Gasteiger partial charge is 0.170 e. The highest BCUT2D eigenvalue weighted by molar-refractivity contribution is 5.77. The molecule has 0 saturated heterocycles. The van der Waals surface area contributed by atoms with E-state index in [0.717, 1.165) is 12.0 Å². The summed E-state index contributed by atoms with van der Waals surface area (Å²) in [4.78, 5) is 11.1. The maximum Gasteiger partial charge on any atom is 0.170 e. The third-order valence-corrected chi connectivity index (χ3v) is 10.7. The molecule has 4 unspecified atom stereocenters. The second-order valence-electron chi connectivity index (χ2n) is 12.2. The molecule has 4 atom stereocenters. The molecule has 6 heteroatoms. The molecule has 0 spiro atoms. The van der Waals surface area contributed by atoms with E-state index < -0.39 is 0 Å². The van der Waals surface area contributed by atoms with Gasteiger partial charge in [0.05, 0.1) is 12.3 Å². The van der Waals surface area contributed by atoms with Gasteiger partial charge in [0.1, 0.15) is 5.69 Å². The Kier molecular flexibility index (Phi) is 4.33. The minimum atomic E-state index is 0.0752. The fourth-order valence-electron chi connectivity index (χ4n) is 8.24. The standard InChI is InChI=1S/C13H20N2O.C13H18N2O/c2*1-12(2)8-5-6-13(12,3)11-10(8)9(7-16)14-15(11)4/h8,16H,5-7H2,1-4H3;7-8H,5-6H2,1-4H3. The van der Waals surface area contributed by atoms with Gasteiger partial charge in [0.2, 0.25) is 0 Å². The number of aldehydes is 1. The van der Waals surface area contributed by atoms with E-state index in [1.165, 1.54) is 48.2 Å². The Balaban J connectivity index is 0.000000135. The van der Waals surface area contributed by atoms with E-state index in [-0.39, 0.29) is 22.9 Å². The zero-order valence-corrected chi connectivity index (χ0v) is 20.9. The zero-order valence-electron chi connectivity index (χ0n) is 20.9. The van der Waals surface area contributed by atoms with Crippen molar-refractivity contribution in [2.75, 3.05) is 0 Å². The summed E-state index contributed by atoms with van der Waals surface area (Å²) in [6.07, 6.45) is 5.83.